The van der Waals surface area contributed by atoms with Crippen LogP contribution in [0.15, 0.2) is 24.3 Å². The Morgan fingerprint density at radius 1 is 1.00 bits per heavy atom. The molecule has 0 fully saturated rings. The second kappa shape index (κ2) is 6.42. The molecule has 0 radical (unpaired) electrons. The summed E-state index contributed by atoms with van der Waals surface area (Å²) in [5, 5.41) is 1.59. The van der Waals surface area contributed by atoms with E-state index < -0.39 is 8.07 Å². The highest BCUT2D eigenvalue weighted by molar-refractivity contribution is 6.94. The van der Waals surface area contributed by atoms with Crippen LogP contribution in [0.2, 0.25) is 17.1 Å². The number of rotatable bonds is 6. The molecule has 0 unspecified atom stereocenters. The molecular formula is C16H28OSi. The van der Waals surface area contributed by atoms with Gasteiger partial charge in [0.2, 0.25) is 0 Å². The summed E-state index contributed by atoms with van der Waals surface area (Å²) in [5.41, 5.74) is 1.57. The Labute approximate surface area is 114 Å². The molecule has 0 amide bonds. The minimum atomic E-state index is -1.42. The zero-order valence-electron chi connectivity index (χ0n) is 12.8. The third kappa shape index (κ3) is 2.80. The third-order valence-corrected chi connectivity index (χ3v) is 11.2. The van der Waals surface area contributed by atoms with Gasteiger partial charge in [-0.05, 0) is 23.2 Å². The zero-order chi connectivity index (χ0) is 13.8. The zero-order valence-corrected chi connectivity index (χ0v) is 13.8. The number of ether oxygens (including phenoxy) is 1. The molecule has 0 N–H and O–H groups in total. The lowest BCUT2D eigenvalue weighted by Crippen LogP contribution is -2.52. The Balaban J connectivity index is 3.22. The summed E-state index contributed by atoms with van der Waals surface area (Å²) in [7, 11) is 0.315. The Morgan fingerprint density at radius 3 is 1.83 bits per heavy atom. The molecule has 1 aromatic carbocycles. The minimum absolute atomic E-state index is 0.783. The first-order valence-corrected chi connectivity index (χ1v) is 9.49. The molecule has 0 atom stereocenters. The Kier molecular flexibility index (Phi) is 5.45. The normalized spacial score (nSPS) is 12.2. The maximum atomic E-state index is 5.28. The number of methoxy groups -OCH3 is 1. The van der Waals surface area contributed by atoms with Gasteiger partial charge in [-0.3, -0.25) is 0 Å². The van der Waals surface area contributed by atoms with Crippen molar-refractivity contribution in [1.29, 1.82) is 0 Å². The lowest BCUT2D eigenvalue weighted by Gasteiger charge is -2.40. The van der Waals surface area contributed by atoms with E-state index in [1.807, 2.05) is 0 Å². The van der Waals surface area contributed by atoms with Crippen LogP contribution < -0.4 is 9.92 Å². The molecule has 0 heterocycles. The van der Waals surface area contributed by atoms with Crippen LogP contribution in [-0.4, -0.2) is 15.2 Å². The van der Waals surface area contributed by atoms with Crippen LogP contribution in [0.1, 0.15) is 41.0 Å². The molecule has 0 aliphatic rings. The molecule has 0 bridgehead atoms. The first kappa shape index (κ1) is 15.3. The van der Waals surface area contributed by atoms with Gasteiger partial charge in [0.15, 0.2) is 0 Å². The minimum Gasteiger partial charge on any atom is -0.497 e. The molecule has 0 aliphatic carbocycles. The highest BCUT2D eigenvalue weighted by Crippen LogP contribution is 2.36. The monoisotopic (exact) mass is 264 g/mol. The van der Waals surface area contributed by atoms with Crippen LogP contribution in [0.25, 0.3) is 0 Å². The first-order valence-electron chi connectivity index (χ1n) is 7.13. The van der Waals surface area contributed by atoms with Gasteiger partial charge >= 0.3 is 0 Å². The van der Waals surface area contributed by atoms with E-state index in [4.69, 9.17) is 4.74 Å². The van der Waals surface area contributed by atoms with Gasteiger partial charge < -0.3 is 4.74 Å². The smallest absolute Gasteiger partial charge is 0.118 e. The van der Waals surface area contributed by atoms with Crippen LogP contribution in [0.3, 0.4) is 0 Å². The second-order valence-electron chi connectivity index (χ2n) is 5.83. The number of hydrogen-bond acceptors (Lipinski definition) is 1. The summed E-state index contributed by atoms with van der Waals surface area (Å²) in [4.78, 5) is 0. The van der Waals surface area contributed by atoms with Crippen molar-refractivity contribution in [3.63, 3.8) is 0 Å². The quantitative estimate of drug-likeness (QED) is 0.683. The number of hydrogen-bond donors (Lipinski definition) is 0. The Bertz CT molecular complexity index is 346. The van der Waals surface area contributed by atoms with Crippen molar-refractivity contribution in [2.24, 2.45) is 0 Å². The van der Waals surface area contributed by atoms with Crippen molar-refractivity contribution in [3.8, 4) is 5.75 Å². The Morgan fingerprint density at radius 2 is 1.50 bits per heavy atom. The molecule has 18 heavy (non-hydrogen) atoms. The maximum absolute atomic E-state index is 5.28. The summed E-state index contributed by atoms with van der Waals surface area (Å²) in [6, 6.07) is 10.2. The van der Waals surface area contributed by atoms with Crippen molar-refractivity contribution in [2.45, 2.75) is 58.2 Å². The molecule has 0 spiro atoms. The topological polar surface area (TPSA) is 9.23 Å². The van der Waals surface area contributed by atoms with Crippen molar-refractivity contribution in [2.75, 3.05) is 7.11 Å². The predicted molar refractivity (Wildman–Crippen MR) is 83.7 cm³/mol. The van der Waals surface area contributed by atoms with Gasteiger partial charge in [-0.1, -0.05) is 64.4 Å². The van der Waals surface area contributed by atoms with Crippen LogP contribution in [0.5, 0.6) is 5.75 Å². The van der Waals surface area contributed by atoms with Crippen molar-refractivity contribution < 1.29 is 4.74 Å². The van der Waals surface area contributed by atoms with Gasteiger partial charge in [0.25, 0.3) is 0 Å². The maximum Gasteiger partial charge on any atom is 0.118 e. The third-order valence-electron chi connectivity index (χ3n) is 4.35. The van der Waals surface area contributed by atoms with Gasteiger partial charge in [-0.25, -0.2) is 0 Å². The van der Waals surface area contributed by atoms with Gasteiger partial charge in [0.1, 0.15) is 5.75 Å². The number of benzene rings is 1. The largest absolute Gasteiger partial charge is 0.497 e. The van der Waals surface area contributed by atoms with E-state index in [9.17, 15) is 0 Å². The van der Waals surface area contributed by atoms with E-state index >= 15 is 0 Å². The molecule has 0 aromatic heterocycles. The predicted octanol–water partition coefficient (Wildman–Crippen LogP) is 4.58. The molecule has 0 aliphatic heterocycles. The molecule has 0 saturated heterocycles. The standard InChI is InChI=1S/C16H28OSi/c1-7-12-18(13(2)3,14(4)5)16-10-8-15(17-6)9-11-16/h8-11,13-14H,7,12H2,1-6H3. The van der Waals surface area contributed by atoms with E-state index in [-0.39, 0.29) is 0 Å². The van der Waals surface area contributed by atoms with E-state index in [0.29, 0.717) is 0 Å². The first-order chi connectivity index (χ1) is 8.48. The molecule has 2 heteroatoms. The average Bonchev–Trinajstić information content (AvgIpc) is 2.35. The van der Waals surface area contributed by atoms with E-state index in [0.717, 1.165) is 16.8 Å². The summed E-state index contributed by atoms with van der Waals surface area (Å²) >= 11 is 0. The fourth-order valence-corrected chi connectivity index (χ4v) is 9.09. The van der Waals surface area contributed by atoms with Crippen LogP contribution >= 0.6 is 0 Å². The van der Waals surface area contributed by atoms with Gasteiger partial charge in [0.05, 0.1) is 15.2 Å². The summed E-state index contributed by atoms with van der Waals surface area (Å²) < 4.78 is 5.28. The van der Waals surface area contributed by atoms with Gasteiger partial charge in [-0.15, -0.1) is 0 Å². The molecule has 102 valence electrons. The van der Waals surface area contributed by atoms with Crippen LogP contribution in [-0.2, 0) is 0 Å². The van der Waals surface area contributed by atoms with E-state index in [2.05, 4.69) is 58.9 Å². The fourth-order valence-electron chi connectivity index (χ4n) is 3.37. The molecular weight excluding hydrogens is 236 g/mol. The van der Waals surface area contributed by atoms with Gasteiger partial charge in [0, 0.05) is 0 Å². The second-order valence-corrected chi connectivity index (χ2v) is 11.3. The lowest BCUT2D eigenvalue weighted by atomic mass is 10.3. The van der Waals surface area contributed by atoms with Crippen molar-refractivity contribution in [1.82, 2.24) is 0 Å². The molecule has 1 nitrogen and oxygen atoms in total. The van der Waals surface area contributed by atoms with Gasteiger partial charge in [-0.2, -0.15) is 0 Å². The van der Waals surface area contributed by atoms with Crippen molar-refractivity contribution >= 4 is 13.3 Å². The van der Waals surface area contributed by atoms with E-state index in [1.54, 1.807) is 12.3 Å². The SMILES string of the molecule is CCC[Si](c1ccc(OC)cc1)(C(C)C)C(C)C. The highest BCUT2D eigenvalue weighted by Gasteiger charge is 2.40. The van der Waals surface area contributed by atoms with Crippen LogP contribution in [0, 0.1) is 0 Å². The molecule has 1 aromatic rings. The average molecular weight is 264 g/mol. The van der Waals surface area contributed by atoms with Crippen molar-refractivity contribution in [3.05, 3.63) is 24.3 Å². The highest BCUT2D eigenvalue weighted by atomic mass is 28.3. The summed E-state index contributed by atoms with van der Waals surface area (Å²) in [6.45, 7) is 12.0. The Hall–Kier alpha value is -0.763. The lowest BCUT2D eigenvalue weighted by molar-refractivity contribution is 0.415. The summed E-state index contributed by atoms with van der Waals surface area (Å²) in [5.74, 6) is 0.964. The molecule has 0 saturated carbocycles. The van der Waals surface area contributed by atoms with E-state index in [1.165, 1.54) is 12.5 Å². The van der Waals surface area contributed by atoms with Crippen LogP contribution in [0.4, 0.5) is 0 Å². The fraction of sp³-hybridized carbons (Fsp3) is 0.625. The summed E-state index contributed by atoms with van der Waals surface area (Å²) in [6.07, 6.45) is 1.29. The molecule has 1 rings (SSSR count).